The number of likely N-dealkylation sites (N-methyl/N-ethyl adjacent to an activating group) is 1. The Kier molecular flexibility index (Phi) is 53.9. The smallest absolute Gasteiger partial charge is 0.456 e. The van der Waals surface area contributed by atoms with Crippen LogP contribution in [0.3, 0.4) is 0 Å². The number of ether oxygens (including phenoxy) is 1. The summed E-state index contributed by atoms with van der Waals surface area (Å²) in [5.74, 6) is -0.538. The summed E-state index contributed by atoms with van der Waals surface area (Å²) in [6, 6.07) is -0.867. The standard InChI is InChI=1S/C66H121N2O7P/c1-7-10-13-16-19-22-25-28-30-32-33-34-35-36-38-41-44-47-50-53-56-59-66(70)75-64(57-54-51-48-45-42-39-27-24-21-18-15-12-9-3)63(62-74-76(71,72)73-61-60-68(4,5)6)67-65(69)58-55-52-49-46-43-40-37-31-29-26-23-20-17-14-11-8-2/h11,14,20,23,28-31,40,43,54,57,63-64H,7-10,12-13,15-19,21-22,24-27,32-39,41-42,44-53,55-56,58-62H2,1-6H3,(H-,67,69,71,72)/p+1/b14-11+,23-20+,30-28+,31-29+,43-40+,57-54+. The van der Waals surface area contributed by atoms with Crippen molar-refractivity contribution >= 4 is 19.7 Å². The van der Waals surface area contributed by atoms with E-state index in [1.807, 2.05) is 33.3 Å². The number of carbonyl (C=O) groups excluding carboxylic acids is 2. The monoisotopic (exact) mass is 1090 g/mol. The number of hydrogen-bond acceptors (Lipinski definition) is 6. The van der Waals surface area contributed by atoms with Gasteiger partial charge >= 0.3 is 13.8 Å². The summed E-state index contributed by atoms with van der Waals surface area (Å²) in [5, 5.41) is 3.04. The molecule has 3 atom stereocenters. The van der Waals surface area contributed by atoms with E-state index < -0.39 is 20.0 Å². The molecule has 76 heavy (non-hydrogen) atoms. The lowest BCUT2D eigenvalue weighted by Crippen LogP contribution is -2.47. The Labute approximate surface area is 470 Å². The van der Waals surface area contributed by atoms with Gasteiger partial charge in [0, 0.05) is 12.8 Å². The Morgan fingerprint density at radius 3 is 1.29 bits per heavy atom. The van der Waals surface area contributed by atoms with Crippen molar-refractivity contribution in [2.24, 2.45) is 0 Å². The number of unbranched alkanes of at least 4 members (excludes halogenated alkanes) is 31. The number of allylic oxidation sites excluding steroid dienone is 11. The topological polar surface area (TPSA) is 111 Å². The molecule has 0 radical (unpaired) electrons. The average Bonchev–Trinajstić information content (AvgIpc) is 3.38. The predicted octanol–water partition coefficient (Wildman–Crippen LogP) is 19.6. The van der Waals surface area contributed by atoms with Crippen molar-refractivity contribution in [3.05, 3.63) is 72.9 Å². The third-order valence-corrected chi connectivity index (χ3v) is 14.9. The number of hydrogen-bond donors (Lipinski definition) is 2. The number of nitrogens with zero attached hydrogens (tertiary/aromatic N) is 1. The van der Waals surface area contributed by atoms with Crippen molar-refractivity contribution in [2.45, 2.75) is 296 Å². The molecule has 3 unspecified atom stereocenters. The molecule has 0 bridgehead atoms. The SMILES string of the molecule is CC/C=C/C/C=C/C/C=C/C/C=C/CCCCCC(=O)NC(COP(=O)(O)OCC[N+](C)(C)C)C(/C=C/CCCCCCCCCCCCC)OC(=O)CCCCCCCCCCCCC/C=C/CCCCCCCC. The van der Waals surface area contributed by atoms with Gasteiger partial charge in [-0.05, 0) is 96.0 Å². The van der Waals surface area contributed by atoms with Crippen LogP contribution in [0, 0.1) is 0 Å². The molecule has 442 valence electrons. The Morgan fingerprint density at radius 2 is 0.842 bits per heavy atom. The van der Waals surface area contributed by atoms with Gasteiger partial charge in [-0.1, -0.05) is 248 Å². The van der Waals surface area contributed by atoms with E-state index in [0.29, 0.717) is 23.9 Å². The fourth-order valence-corrected chi connectivity index (χ4v) is 9.72. The molecule has 1 amide bonds. The van der Waals surface area contributed by atoms with Gasteiger partial charge in [-0.25, -0.2) is 4.57 Å². The number of carbonyl (C=O) groups is 2. The zero-order valence-electron chi connectivity index (χ0n) is 50.5. The highest BCUT2D eigenvalue weighted by Crippen LogP contribution is 2.43. The Bertz CT molecular complexity index is 1530. The molecule has 0 spiro atoms. The Morgan fingerprint density at radius 1 is 0.474 bits per heavy atom. The molecule has 0 fully saturated rings. The highest BCUT2D eigenvalue weighted by atomic mass is 31.2. The summed E-state index contributed by atoms with van der Waals surface area (Å²) in [5.41, 5.74) is 0. The van der Waals surface area contributed by atoms with Gasteiger partial charge in [0.2, 0.25) is 5.91 Å². The van der Waals surface area contributed by atoms with Crippen LogP contribution in [-0.2, 0) is 27.9 Å². The van der Waals surface area contributed by atoms with Crippen molar-refractivity contribution in [2.75, 3.05) is 40.9 Å². The minimum Gasteiger partial charge on any atom is -0.456 e. The average molecular weight is 1090 g/mol. The number of phosphoric ester groups is 1. The lowest BCUT2D eigenvalue weighted by Gasteiger charge is -2.27. The first-order chi connectivity index (χ1) is 36.9. The van der Waals surface area contributed by atoms with Gasteiger partial charge in [0.15, 0.2) is 0 Å². The minimum absolute atomic E-state index is 0.0319. The van der Waals surface area contributed by atoms with Crippen molar-refractivity contribution in [3.63, 3.8) is 0 Å². The molecule has 0 aromatic heterocycles. The van der Waals surface area contributed by atoms with E-state index >= 15 is 0 Å². The third-order valence-electron chi connectivity index (χ3n) is 13.9. The Hall–Kier alpha value is -2.55. The second-order valence-corrected chi connectivity index (χ2v) is 24.0. The van der Waals surface area contributed by atoms with Crippen LogP contribution in [0.5, 0.6) is 0 Å². The van der Waals surface area contributed by atoms with E-state index in [0.717, 1.165) is 83.5 Å². The van der Waals surface area contributed by atoms with Crippen molar-refractivity contribution in [3.8, 4) is 0 Å². The maximum Gasteiger partial charge on any atom is 0.472 e. The summed E-state index contributed by atoms with van der Waals surface area (Å²) in [4.78, 5) is 37.7. The number of nitrogens with one attached hydrogen (secondary N) is 1. The molecule has 2 N–H and O–H groups in total. The van der Waals surface area contributed by atoms with Crippen molar-refractivity contribution < 1.29 is 37.3 Å². The number of rotatable bonds is 57. The molecule has 0 heterocycles. The summed E-state index contributed by atoms with van der Waals surface area (Å²) in [7, 11) is 1.47. The van der Waals surface area contributed by atoms with Crippen LogP contribution in [0.15, 0.2) is 72.9 Å². The lowest BCUT2D eigenvalue weighted by molar-refractivity contribution is -0.870. The van der Waals surface area contributed by atoms with E-state index in [9.17, 15) is 19.0 Å². The number of quaternary nitrogens is 1. The van der Waals surface area contributed by atoms with Gasteiger partial charge in [0.05, 0.1) is 33.8 Å². The fraction of sp³-hybridized carbons (Fsp3) is 0.788. The minimum atomic E-state index is -4.46. The van der Waals surface area contributed by atoms with Gasteiger partial charge in [-0.15, -0.1) is 0 Å². The van der Waals surface area contributed by atoms with Gasteiger partial charge in [0.1, 0.15) is 19.3 Å². The Balaban J connectivity index is 5.28. The van der Waals surface area contributed by atoms with E-state index in [2.05, 4.69) is 86.8 Å². The van der Waals surface area contributed by atoms with Gasteiger partial charge < -0.3 is 19.4 Å². The number of amides is 1. The van der Waals surface area contributed by atoms with Crippen molar-refractivity contribution in [1.29, 1.82) is 0 Å². The maximum absolute atomic E-state index is 13.5. The molecule has 10 heteroatoms. The molecule has 9 nitrogen and oxygen atoms in total. The van der Waals surface area contributed by atoms with E-state index in [1.165, 1.54) is 161 Å². The first-order valence-electron chi connectivity index (χ1n) is 31.8. The molecule has 0 saturated heterocycles. The molecule has 0 aliphatic heterocycles. The van der Waals surface area contributed by atoms with Crippen molar-refractivity contribution in [1.82, 2.24) is 5.32 Å². The second-order valence-electron chi connectivity index (χ2n) is 22.5. The highest BCUT2D eigenvalue weighted by molar-refractivity contribution is 7.47. The number of esters is 1. The van der Waals surface area contributed by atoms with Crippen LogP contribution >= 0.6 is 7.82 Å². The first-order valence-corrected chi connectivity index (χ1v) is 33.3. The largest absolute Gasteiger partial charge is 0.472 e. The zero-order chi connectivity index (χ0) is 55.7. The van der Waals surface area contributed by atoms with Gasteiger partial charge in [-0.2, -0.15) is 0 Å². The normalized spacial score (nSPS) is 14.1. The molecule has 0 aromatic rings. The summed E-state index contributed by atoms with van der Waals surface area (Å²) in [6.45, 7) is 6.89. The summed E-state index contributed by atoms with van der Waals surface area (Å²) >= 11 is 0. The highest BCUT2D eigenvalue weighted by Gasteiger charge is 2.30. The van der Waals surface area contributed by atoms with E-state index in [4.69, 9.17) is 13.8 Å². The van der Waals surface area contributed by atoms with Crippen LogP contribution in [0.1, 0.15) is 284 Å². The van der Waals surface area contributed by atoms with Crippen LogP contribution in [0.2, 0.25) is 0 Å². The molecule has 0 aromatic carbocycles. The van der Waals surface area contributed by atoms with Crippen LogP contribution in [0.25, 0.3) is 0 Å². The zero-order valence-corrected chi connectivity index (χ0v) is 51.4. The maximum atomic E-state index is 13.5. The fourth-order valence-electron chi connectivity index (χ4n) is 8.99. The van der Waals surface area contributed by atoms with Crippen LogP contribution in [0.4, 0.5) is 0 Å². The second kappa shape index (κ2) is 55.8. The van der Waals surface area contributed by atoms with E-state index in [1.54, 1.807) is 0 Å². The quantitative estimate of drug-likeness (QED) is 0.0205. The summed E-state index contributed by atoms with van der Waals surface area (Å²) in [6.07, 6.45) is 71.9. The molecular formula is C66H122N2O7P+. The van der Waals surface area contributed by atoms with Crippen LogP contribution < -0.4 is 5.32 Å². The predicted molar refractivity (Wildman–Crippen MR) is 328 cm³/mol. The summed E-state index contributed by atoms with van der Waals surface area (Å²) < 4.78 is 30.7. The lowest BCUT2D eigenvalue weighted by atomic mass is 10.0. The molecule has 0 rings (SSSR count). The molecule has 0 aliphatic carbocycles. The molecule has 0 aliphatic rings. The number of phosphoric acid groups is 1. The third kappa shape index (κ3) is 56.2. The molecule has 0 saturated carbocycles. The van der Waals surface area contributed by atoms with Crippen LogP contribution in [-0.4, -0.2) is 74.3 Å². The van der Waals surface area contributed by atoms with E-state index in [-0.39, 0.29) is 31.5 Å². The first kappa shape index (κ1) is 73.5. The van der Waals surface area contributed by atoms with Gasteiger partial charge in [0.25, 0.3) is 0 Å². The van der Waals surface area contributed by atoms with Gasteiger partial charge in [-0.3, -0.25) is 18.6 Å². The molecular weight excluding hydrogens is 964 g/mol.